The van der Waals surface area contributed by atoms with Crippen LogP contribution in [0, 0.1) is 0 Å². The largest absolute Gasteiger partial charge is 0.491 e. The minimum absolute atomic E-state index is 0.0412. The Bertz CT molecular complexity index is 374. The van der Waals surface area contributed by atoms with Crippen molar-refractivity contribution in [2.75, 3.05) is 39.5 Å². The molecule has 0 spiro atoms. The molecule has 0 saturated heterocycles. The number of benzene rings is 1. The smallest absolute Gasteiger partial charge is 0.137 e. The number of aliphatic hydroxyl groups excluding tert-OH is 3. The van der Waals surface area contributed by atoms with Crippen molar-refractivity contribution in [1.29, 1.82) is 0 Å². The molecule has 1 rings (SSSR count). The van der Waals surface area contributed by atoms with Crippen LogP contribution < -0.4 is 9.64 Å². The lowest BCUT2D eigenvalue weighted by molar-refractivity contribution is -0.903. The van der Waals surface area contributed by atoms with E-state index >= 15 is 0 Å². The number of hydrogen-bond donors (Lipinski definition) is 4. The molecule has 0 aliphatic heterocycles. The predicted molar refractivity (Wildman–Crippen MR) is 81.8 cm³/mol. The van der Waals surface area contributed by atoms with Gasteiger partial charge < -0.3 is 25.0 Å². The van der Waals surface area contributed by atoms with E-state index < -0.39 is 6.10 Å². The van der Waals surface area contributed by atoms with Crippen LogP contribution in [0.2, 0.25) is 0 Å². The van der Waals surface area contributed by atoms with E-state index in [0.29, 0.717) is 25.6 Å². The molecule has 0 saturated carbocycles. The van der Waals surface area contributed by atoms with Gasteiger partial charge in [-0.05, 0) is 23.6 Å². The van der Waals surface area contributed by atoms with Gasteiger partial charge in [0, 0.05) is 0 Å². The Balaban J connectivity index is 2.39. The van der Waals surface area contributed by atoms with Gasteiger partial charge in [-0.25, -0.2) is 0 Å². The molecular weight excluding hydrogens is 270 g/mol. The average molecular weight is 298 g/mol. The van der Waals surface area contributed by atoms with E-state index in [0.717, 1.165) is 10.6 Å². The van der Waals surface area contributed by atoms with Gasteiger partial charge >= 0.3 is 0 Å². The van der Waals surface area contributed by atoms with Crippen LogP contribution in [0.25, 0.3) is 0 Å². The SMILES string of the molecule is CC(C)c1ccc(OC[C@@H](O)C[NH+](CCO)CCO)cc1. The normalized spacial score (nSPS) is 12.9. The van der Waals surface area contributed by atoms with Crippen LogP contribution >= 0.6 is 0 Å². The van der Waals surface area contributed by atoms with E-state index in [1.54, 1.807) is 0 Å². The third-order valence-corrected chi connectivity index (χ3v) is 3.44. The van der Waals surface area contributed by atoms with Crippen LogP contribution in [-0.2, 0) is 0 Å². The highest BCUT2D eigenvalue weighted by Gasteiger charge is 2.15. The first-order chi connectivity index (χ1) is 10.1. The number of hydrogen-bond acceptors (Lipinski definition) is 4. The van der Waals surface area contributed by atoms with E-state index in [1.165, 1.54) is 5.56 Å². The van der Waals surface area contributed by atoms with Crippen LogP contribution in [0.15, 0.2) is 24.3 Å². The molecule has 120 valence electrons. The number of aliphatic hydroxyl groups is 3. The lowest BCUT2D eigenvalue weighted by Gasteiger charge is -2.21. The van der Waals surface area contributed by atoms with Crippen molar-refractivity contribution in [3.63, 3.8) is 0 Å². The molecule has 0 aliphatic carbocycles. The molecule has 0 bridgehead atoms. The molecule has 1 atom stereocenters. The lowest BCUT2D eigenvalue weighted by atomic mass is 10.0. The van der Waals surface area contributed by atoms with Gasteiger partial charge in [0.05, 0.1) is 13.2 Å². The highest BCUT2D eigenvalue weighted by Crippen LogP contribution is 2.18. The topological polar surface area (TPSA) is 74.4 Å². The monoisotopic (exact) mass is 298 g/mol. The maximum absolute atomic E-state index is 9.97. The minimum atomic E-state index is -0.622. The third-order valence-electron chi connectivity index (χ3n) is 3.44. The van der Waals surface area contributed by atoms with E-state index in [2.05, 4.69) is 13.8 Å². The first-order valence-corrected chi connectivity index (χ1v) is 7.53. The summed E-state index contributed by atoms with van der Waals surface area (Å²) >= 11 is 0. The highest BCUT2D eigenvalue weighted by molar-refractivity contribution is 5.28. The Labute approximate surface area is 126 Å². The van der Waals surface area contributed by atoms with Gasteiger partial charge in [-0.15, -0.1) is 0 Å². The number of nitrogens with one attached hydrogen (secondary N) is 1. The highest BCUT2D eigenvalue weighted by atomic mass is 16.5. The minimum Gasteiger partial charge on any atom is -0.491 e. The second-order valence-corrected chi connectivity index (χ2v) is 5.59. The van der Waals surface area contributed by atoms with E-state index in [1.807, 2.05) is 24.3 Å². The summed E-state index contributed by atoms with van der Waals surface area (Å²) in [6, 6.07) is 7.88. The van der Waals surface area contributed by atoms with Gasteiger partial charge in [-0.2, -0.15) is 0 Å². The zero-order valence-corrected chi connectivity index (χ0v) is 13.0. The van der Waals surface area contributed by atoms with Crippen molar-refractivity contribution in [1.82, 2.24) is 0 Å². The number of rotatable bonds is 10. The summed E-state index contributed by atoms with van der Waals surface area (Å²) in [5.74, 6) is 1.23. The Morgan fingerprint density at radius 3 is 2.10 bits per heavy atom. The Kier molecular flexibility index (Phi) is 8.30. The second-order valence-electron chi connectivity index (χ2n) is 5.59. The second kappa shape index (κ2) is 9.73. The molecule has 1 aromatic rings. The molecule has 4 N–H and O–H groups in total. The zero-order chi connectivity index (χ0) is 15.7. The van der Waals surface area contributed by atoms with E-state index in [-0.39, 0.29) is 19.8 Å². The van der Waals surface area contributed by atoms with Gasteiger partial charge in [-0.3, -0.25) is 0 Å². The quantitative estimate of drug-likeness (QED) is 0.466. The molecule has 0 aromatic heterocycles. The Morgan fingerprint density at radius 1 is 1.05 bits per heavy atom. The van der Waals surface area contributed by atoms with Gasteiger partial charge in [0.25, 0.3) is 0 Å². The fourth-order valence-corrected chi connectivity index (χ4v) is 2.18. The summed E-state index contributed by atoms with van der Waals surface area (Å²) < 4.78 is 5.57. The molecule has 0 amide bonds. The number of quaternary nitrogens is 1. The summed E-state index contributed by atoms with van der Waals surface area (Å²) in [5.41, 5.74) is 1.25. The van der Waals surface area contributed by atoms with E-state index in [9.17, 15) is 5.11 Å². The Morgan fingerprint density at radius 2 is 1.62 bits per heavy atom. The summed E-state index contributed by atoms with van der Waals surface area (Å²) in [7, 11) is 0. The van der Waals surface area contributed by atoms with Crippen molar-refractivity contribution >= 4 is 0 Å². The molecule has 1 aromatic carbocycles. The van der Waals surface area contributed by atoms with Crippen LogP contribution in [0.4, 0.5) is 0 Å². The zero-order valence-electron chi connectivity index (χ0n) is 13.0. The van der Waals surface area contributed by atoms with Crippen molar-refractivity contribution in [2.24, 2.45) is 0 Å². The van der Waals surface area contributed by atoms with Crippen LogP contribution in [-0.4, -0.2) is 60.9 Å². The molecule has 5 heteroatoms. The van der Waals surface area contributed by atoms with Crippen LogP contribution in [0.5, 0.6) is 5.75 Å². The van der Waals surface area contributed by atoms with Crippen molar-refractivity contribution in [2.45, 2.75) is 25.9 Å². The third kappa shape index (κ3) is 6.91. The summed E-state index contributed by atoms with van der Waals surface area (Å²) in [6.07, 6.45) is -0.622. The van der Waals surface area contributed by atoms with Crippen molar-refractivity contribution < 1.29 is 25.0 Å². The maximum atomic E-state index is 9.97. The first-order valence-electron chi connectivity index (χ1n) is 7.53. The van der Waals surface area contributed by atoms with Gasteiger partial charge in [0.2, 0.25) is 0 Å². The van der Waals surface area contributed by atoms with Gasteiger partial charge in [0.1, 0.15) is 38.1 Å². The fraction of sp³-hybridized carbons (Fsp3) is 0.625. The van der Waals surface area contributed by atoms with Crippen molar-refractivity contribution in [3.05, 3.63) is 29.8 Å². The van der Waals surface area contributed by atoms with E-state index in [4.69, 9.17) is 14.9 Å². The predicted octanol–water partition coefficient (Wildman–Crippen LogP) is -0.581. The number of ether oxygens (including phenoxy) is 1. The van der Waals surface area contributed by atoms with Gasteiger partial charge in [0.15, 0.2) is 0 Å². The molecular formula is C16H28NO4+. The maximum Gasteiger partial charge on any atom is 0.137 e. The van der Waals surface area contributed by atoms with Gasteiger partial charge in [-0.1, -0.05) is 26.0 Å². The first kappa shape index (κ1) is 17.9. The van der Waals surface area contributed by atoms with Crippen molar-refractivity contribution in [3.8, 4) is 5.75 Å². The molecule has 0 fully saturated rings. The summed E-state index contributed by atoms with van der Waals surface area (Å²) in [5, 5.41) is 27.8. The molecule has 0 unspecified atom stereocenters. The van der Waals surface area contributed by atoms with Crippen LogP contribution in [0.3, 0.4) is 0 Å². The molecule has 0 aliphatic rings. The summed E-state index contributed by atoms with van der Waals surface area (Å²) in [6.45, 7) is 6.05. The average Bonchev–Trinajstić information content (AvgIpc) is 2.46. The lowest BCUT2D eigenvalue weighted by Crippen LogP contribution is -3.14. The molecule has 21 heavy (non-hydrogen) atoms. The van der Waals surface area contributed by atoms with Crippen LogP contribution in [0.1, 0.15) is 25.3 Å². The summed E-state index contributed by atoms with van der Waals surface area (Å²) in [4.78, 5) is 0.964. The fourth-order valence-electron chi connectivity index (χ4n) is 2.18. The molecule has 0 heterocycles. The molecule has 5 nitrogen and oxygen atoms in total. The standard InChI is InChI=1S/C16H27NO4/c1-13(2)14-3-5-16(6-4-14)21-12-15(20)11-17(7-9-18)8-10-19/h3-6,13,15,18-20H,7-12H2,1-2H3/p+1/t15-/m0/s1. The Hall–Kier alpha value is -1.14. The molecule has 0 radical (unpaired) electrons.